The highest BCUT2D eigenvalue weighted by Crippen LogP contribution is 2.36. The van der Waals surface area contributed by atoms with Gasteiger partial charge in [0.05, 0.1) is 12.8 Å². The predicted octanol–water partition coefficient (Wildman–Crippen LogP) is 4.51. The third-order valence-corrected chi connectivity index (χ3v) is 2.91. The second-order valence-corrected chi connectivity index (χ2v) is 4.61. The Labute approximate surface area is 123 Å². The van der Waals surface area contributed by atoms with Crippen LogP contribution in [-0.2, 0) is 12.6 Å². The van der Waals surface area contributed by atoms with Gasteiger partial charge in [-0.15, -0.1) is 0 Å². The number of pyridine rings is 1. The molecule has 0 aliphatic carbocycles. The SMILES string of the molecule is Fc1ccc(CCOc2cnc(Cl)cc2C(F)(F)F)cc1. The van der Waals surface area contributed by atoms with Crippen molar-refractivity contribution in [1.29, 1.82) is 0 Å². The molecule has 1 aromatic heterocycles. The lowest BCUT2D eigenvalue weighted by Crippen LogP contribution is -2.11. The van der Waals surface area contributed by atoms with E-state index in [4.69, 9.17) is 16.3 Å². The Morgan fingerprint density at radius 2 is 1.81 bits per heavy atom. The Bertz CT molecular complexity index is 613. The first-order valence-electron chi connectivity index (χ1n) is 5.96. The second-order valence-electron chi connectivity index (χ2n) is 4.23. The molecule has 0 radical (unpaired) electrons. The number of alkyl halides is 3. The summed E-state index contributed by atoms with van der Waals surface area (Å²) in [7, 11) is 0. The third-order valence-electron chi connectivity index (χ3n) is 2.70. The fourth-order valence-corrected chi connectivity index (χ4v) is 1.84. The van der Waals surface area contributed by atoms with E-state index in [-0.39, 0.29) is 23.3 Å². The van der Waals surface area contributed by atoms with E-state index >= 15 is 0 Å². The molecular formula is C14H10ClF4NO. The summed E-state index contributed by atoms with van der Waals surface area (Å²) in [6.45, 7) is 0.0119. The molecule has 2 aromatic rings. The van der Waals surface area contributed by atoms with Gasteiger partial charge >= 0.3 is 6.18 Å². The van der Waals surface area contributed by atoms with Crippen LogP contribution in [0, 0.1) is 5.82 Å². The first-order chi connectivity index (χ1) is 9.86. The van der Waals surface area contributed by atoms with Crippen LogP contribution in [0.1, 0.15) is 11.1 Å². The summed E-state index contributed by atoms with van der Waals surface area (Å²) in [4.78, 5) is 3.58. The van der Waals surface area contributed by atoms with Crippen LogP contribution in [0.3, 0.4) is 0 Å². The lowest BCUT2D eigenvalue weighted by atomic mass is 10.1. The van der Waals surface area contributed by atoms with E-state index in [1.807, 2.05) is 0 Å². The number of aromatic nitrogens is 1. The van der Waals surface area contributed by atoms with Crippen molar-refractivity contribution in [3.8, 4) is 5.75 Å². The summed E-state index contributed by atoms with van der Waals surface area (Å²) in [6.07, 6.45) is -3.28. The van der Waals surface area contributed by atoms with Crippen molar-refractivity contribution in [2.75, 3.05) is 6.61 Å². The number of hydrogen-bond donors (Lipinski definition) is 0. The molecule has 21 heavy (non-hydrogen) atoms. The van der Waals surface area contributed by atoms with Gasteiger partial charge in [-0.25, -0.2) is 9.37 Å². The van der Waals surface area contributed by atoms with Crippen molar-refractivity contribution in [3.05, 3.63) is 58.6 Å². The van der Waals surface area contributed by atoms with Crippen LogP contribution in [0.2, 0.25) is 5.15 Å². The van der Waals surface area contributed by atoms with E-state index in [1.165, 1.54) is 12.1 Å². The van der Waals surface area contributed by atoms with Gasteiger partial charge in [0.2, 0.25) is 0 Å². The number of halogens is 5. The quantitative estimate of drug-likeness (QED) is 0.611. The van der Waals surface area contributed by atoms with Gasteiger partial charge in [-0.3, -0.25) is 0 Å². The molecule has 7 heteroatoms. The Kier molecular flexibility index (Phi) is 4.67. The maximum atomic E-state index is 12.8. The molecule has 2 nitrogen and oxygen atoms in total. The maximum absolute atomic E-state index is 12.8. The van der Waals surface area contributed by atoms with Crippen LogP contribution in [0.25, 0.3) is 0 Å². The first-order valence-corrected chi connectivity index (χ1v) is 6.34. The molecule has 0 amide bonds. The zero-order valence-corrected chi connectivity index (χ0v) is 11.4. The van der Waals surface area contributed by atoms with Gasteiger partial charge in [0.25, 0.3) is 0 Å². The first kappa shape index (κ1) is 15.6. The van der Waals surface area contributed by atoms with E-state index in [1.54, 1.807) is 12.1 Å². The van der Waals surface area contributed by atoms with E-state index in [0.29, 0.717) is 6.42 Å². The molecule has 2 rings (SSSR count). The summed E-state index contributed by atoms with van der Waals surface area (Å²) in [5, 5.41) is -0.256. The minimum Gasteiger partial charge on any atom is -0.491 e. The van der Waals surface area contributed by atoms with Crippen molar-refractivity contribution in [1.82, 2.24) is 4.98 Å². The number of nitrogens with zero attached hydrogens (tertiary/aromatic N) is 1. The van der Waals surface area contributed by atoms with Crippen molar-refractivity contribution >= 4 is 11.6 Å². The zero-order valence-electron chi connectivity index (χ0n) is 10.6. The molecule has 0 spiro atoms. The highest BCUT2D eigenvalue weighted by Gasteiger charge is 2.35. The Hall–Kier alpha value is -1.82. The van der Waals surface area contributed by atoms with Crippen LogP contribution in [0.4, 0.5) is 17.6 Å². The standard InChI is InChI=1S/C14H10ClF4NO/c15-13-7-11(14(17,18)19)12(8-20-13)21-6-5-9-1-3-10(16)4-2-9/h1-4,7-8H,5-6H2. The van der Waals surface area contributed by atoms with Gasteiger partial charge in [-0.1, -0.05) is 23.7 Å². The molecule has 0 saturated heterocycles. The molecule has 112 valence electrons. The molecule has 0 aliphatic heterocycles. The van der Waals surface area contributed by atoms with Crippen LogP contribution >= 0.6 is 11.6 Å². The normalized spacial score (nSPS) is 11.5. The molecule has 0 saturated carbocycles. The van der Waals surface area contributed by atoms with Gasteiger partial charge < -0.3 is 4.74 Å². The van der Waals surface area contributed by atoms with Crippen LogP contribution in [-0.4, -0.2) is 11.6 Å². The van der Waals surface area contributed by atoms with E-state index < -0.39 is 11.7 Å². The summed E-state index contributed by atoms with van der Waals surface area (Å²) in [5.74, 6) is -0.755. The molecule has 0 bridgehead atoms. The summed E-state index contributed by atoms with van der Waals surface area (Å²) >= 11 is 5.47. The fraction of sp³-hybridized carbons (Fsp3) is 0.214. The topological polar surface area (TPSA) is 22.1 Å². The van der Waals surface area contributed by atoms with E-state index in [0.717, 1.165) is 17.8 Å². The Morgan fingerprint density at radius 3 is 2.43 bits per heavy atom. The Balaban J connectivity index is 2.05. The zero-order chi connectivity index (χ0) is 15.5. The van der Waals surface area contributed by atoms with Gasteiger partial charge in [0.1, 0.15) is 22.3 Å². The molecule has 0 unspecified atom stereocenters. The minimum absolute atomic E-state index is 0.0119. The lowest BCUT2D eigenvalue weighted by Gasteiger charge is -2.13. The largest absolute Gasteiger partial charge is 0.491 e. The van der Waals surface area contributed by atoms with E-state index in [9.17, 15) is 17.6 Å². The molecule has 0 fully saturated rings. The lowest BCUT2D eigenvalue weighted by molar-refractivity contribution is -0.139. The van der Waals surface area contributed by atoms with Crippen LogP contribution in [0.5, 0.6) is 5.75 Å². The average molecular weight is 320 g/mol. The maximum Gasteiger partial charge on any atom is 0.420 e. The number of ether oxygens (including phenoxy) is 1. The highest BCUT2D eigenvalue weighted by molar-refractivity contribution is 6.29. The number of benzene rings is 1. The molecule has 0 atom stereocenters. The second kappa shape index (κ2) is 6.30. The highest BCUT2D eigenvalue weighted by atomic mass is 35.5. The predicted molar refractivity (Wildman–Crippen MR) is 69.8 cm³/mol. The van der Waals surface area contributed by atoms with Gasteiger partial charge in [-0.2, -0.15) is 13.2 Å². The summed E-state index contributed by atoms with van der Waals surface area (Å²) in [6, 6.07) is 6.36. The Morgan fingerprint density at radius 1 is 1.14 bits per heavy atom. The number of hydrogen-bond acceptors (Lipinski definition) is 2. The molecule has 0 aliphatic rings. The molecule has 1 heterocycles. The molecule has 0 N–H and O–H groups in total. The minimum atomic E-state index is -4.57. The van der Waals surface area contributed by atoms with Crippen LogP contribution in [0.15, 0.2) is 36.5 Å². The van der Waals surface area contributed by atoms with Gasteiger partial charge in [0.15, 0.2) is 0 Å². The fourth-order valence-electron chi connectivity index (χ4n) is 1.68. The summed E-state index contributed by atoms with van der Waals surface area (Å²) in [5.41, 5.74) is -0.214. The molecule has 1 aromatic carbocycles. The van der Waals surface area contributed by atoms with E-state index in [2.05, 4.69) is 4.98 Å². The van der Waals surface area contributed by atoms with Crippen molar-refractivity contribution in [2.45, 2.75) is 12.6 Å². The smallest absolute Gasteiger partial charge is 0.420 e. The average Bonchev–Trinajstić information content (AvgIpc) is 2.41. The van der Waals surface area contributed by atoms with Crippen molar-refractivity contribution < 1.29 is 22.3 Å². The third kappa shape index (κ3) is 4.32. The summed E-state index contributed by atoms with van der Waals surface area (Å²) < 4.78 is 56.3. The van der Waals surface area contributed by atoms with Crippen molar-refractivity contribution in [2.24, 2.45) is 0 Å². The molecular weight excluding hydrogens is 310 g/mol. The van der Waals surface area contributed by atoms with Crippen molar-refractivity contribution in [3.63, 3.8) is 0 Å². The number of rotatable bonds is 4. The van der Waals surface area contributed by atoms with Crippen LogP contribution < -0.4 is 4.74 Å². The van der Waals surface area contributed by atoms with Gasteiger partial charge in [0, 0.05) is 6.42 Å². The monoisotopic (exact) mass is 319 g/mol. The van der Waals surface area contributed by atoms with Gasteiger partial charge in [-0.05, 0) is 23.8 Å².